The van der Waals surface area contributed by atoms with E-state index in [0.717, 1.165) is 15.8 Å². The zero-order chi connectivity index (χ0) is 19.7. The summed E-state index contributed by atoms with van der Waals surface area (Å²) in [6.45, 7) is 0. The number of para-hydroxylation sites is 1. The van der Waals surface area contributed by atoms with Crippen LogP contribution >= 0.6 is 23.5 Å². The number of nitro benzene ring substituents is 1. The van der Waals surface area contributed by atoms with Crippen LogP contribution in [0.3, 0.4) is 0 Å². The smallest absolute Gasteiger partial charge is 0.321 e. The standard InChI is InChI=1S/C19H15N3O4S2/c23-19(24)13-10-27-18(21-13)12-6-7-15(14(9-12)22(25)26)28-16-5-1-3-11-4-2-8-20-17(11)16/h1-9,13,18,21H,10H2,(H,23,24). The molecule has 0 aliphatic carbocycles. The molecule has 2 unspecified atom stereocenters. The minimum Gasteiger partial charge on any atom is -0.480 e. The molecule has 4 rings (SSSR count). The summed E-state index contributed by atoms with van der Waals surface area (Å²) in [6, 6.07) is 13.9. The molecule has 1 fully saturated rings. The number of hydrogen-bond donors (Lipinski definition) is 2. The summed E-state index contributed by atoms with van der Waals surface area (Å²) in [6.07, 6.45) is 1.70. The number of nitrogens with zero attached hydrogens (tertiary/aromatic N) is 2. The second-order valence-corrected chi connectivity index (χ2v) is 8.41. The van der Waals surface area contributed by atoms with E-state index < -0.39 is 16.9 Å². The molecule has 0 spiro atoms. The third-order valence-corrected chi connectivity index (χ3v) is 6.76. The van der Waals surface area contributed by atoms with Gasteiger partial charge in [0.2, 0.25) is 0 Å². The zero-order valence-corrected chi connectivity index (χ0v) is 16.1. The number of thioether (sulfide) groups is 1. The first-order valence-corrected chi connectivity index (χ1v) is 10.3. The SMILES string of the molecule is O=C(O)C1CSC(c2ccc(Sc3cccc4cccnc34)c([N+](=O)[O-])c2)N1. The molecule has 2 heterocycles. The average Bonchev–Trinajstić information content (AvgIpc) is 3.19. The molecule has 1 aromatic heterocycles. The number of aromatic nitrogens is 1. The number of pyridine rings is 1. The zero-order valence-electron chi connectivity index (χ0n) is 14.4. The summed E-state index contributed by atoms with van der Waals surface area (Å²) < 4.78 is 0. The highest BCUT2D eigenvalue weighted by molar-refractivity contribution is 8.00. The maximum absolute atomic E-state index is 11.7. The van der Waals surface area contributed by atoms with Crippen molar-refractivity contribution in [2.75, 3.05) is 5.75 Å². The van der Waals surface area contributed by atoms with Crippen molar-refractivity contribution in [3.05, 3.63) is 70.4 Å². The summed E-state index contributed by atoms with van der Waals surface area (Å²) >= 11 is 2.74. The van der Waals surface area contributed by atoms with E-state index in [1.807, 2.05) is 36.4 Å². The molecule has 0 bridgehead atoms. The fourth-order valence-corrected chi connectivity index (χ4v) is 5.26. The number of fused-ring (bicyclic) bond motifs is 1. The van der Waals surface area contributed by atoms with Crippen LogP contribution in [0.2, 0.25) is 0 Å². The van der Waals surface area contributed by atoms with Gasteiger partial charge in [-0.25, -0.2) is 0 Å². The Kier molecular flexibility index (Phi) is 5.21. The van der Waals surface area contributed by atoms with Crippen LogP contribution < -0.4 is 5.32 Å². The van der Waals surface area contributed by atoms with Crippen molar-refractivity contribution >= 4 is 46.1 Å². The molecule has 1 aliphatic rings. The van der Waals surface area contributed by atoms with Gasteiger partial charge in [-0.2, -0.15) is 0 Å². The van der Waals surface area contributed by atoms with Crippen LogP contribution in [0.4, 0.5) is 5.69 Å². The number of rotatable bonds is 5. The van der Waals surface area contributed by atoms with Crippen molar-refractivity contribution in [3.8, 4) is 0 Å². The van der Waals surface area contributed by atoms with Crippen molar-refractivity contribution in [2.24, 2.45) is 0 Å². The van der Waals surface area contributed by atoms with Crippen LogP contribution in [0.1, 0.15) is 10.9 Å². The van der Waals surface area contributed by atoms with Gasteiger partial charge in [-0.05, 0) is 23.8 Å². The van der Waals surface area contributed by atoms with E-state index in [1.165, 1.54) is 29.6 Å². The van der Waals surface area contributed by atoms with Crippen molar-refractivity contribution < 1.29 is 14.8 Å². The number of nitro groups is 1. The molecule has 2 aromatic carbocycles. The molecule has 3 aromatic rings. The van der Waals surface area contributed by atoms with Crippen molar-refractivity contribution in [1.82, 2.24) is 10.3 Å². The Hall–Kier alpha value is -2.62. The van der Waals surface area contributed by atoms with Crippen LogP contribution in [0.5, 0.6) is 0 Å². The Morgan fingerprint density at radius 2 is 2.07 bits per heavy atom. The van der Waals surface area contributed by atoms with E-state index in [-0.39, 0.29) is 11.1 Å². The fourth-order valence-electron chi connectivity index (χ4n) is 3.01. The highest BCUT2D eigenvalue weighted by atomic mass is 32.2. The molecule has 2 atom stereocenters. The number of carboxylic acid groups (broad SMARTS) is 1. The summed E-state index contributed by atoms with van der Waals surface area (Å²) in [5, 5.41) is 24.5. The van der Waals surface area contributed by atoms with Crippen LogP contribution in [-0.2, 0) is 4.79 Å². The minimum absolute atomic E-state index is 0.00314. The van der Waals surface area contributed by atoms with Crippen molar-refractivity contribution in [2.45, 2.75) is 21.2 Å². The number of carbonyl (C=O) groups is 1. The monoisotopic (exact) mass is 413 g/mol. The van der Waals surface area contributed by atoms with E-state index in [1.54, 1.807) is 12.3 Å². The Morgan fingerprint density at radius 1 is 1.25 bits per heavy atom. The predicted octanol–water partition coefficient (Wildman–Crippen LogP) is 4.08. The van der Waals surface area contributed by atoms with Crippen LogP contribution in [-0.4, -0.2) is 32.8 Å². The molecule has 28 heavy (non-hydrogen) atoms. The highest BCUT2D eigenvalue weighted by Gasteiger charge is 2.31. The molecular formula is C19H15N3O4S2. The first kappa shape index (κ1) is 18.7. The van der Waals surface area contributed by atoms with Crippen LogP contribution in [0.25, 0.3) is 10.9 Å². The van der Waals surface area contributed by atoms with Gasteiger partial charge >= 0.3 is 5.97 Å². The molecule has 0 saturated carbocycles. The topological polar surface area (TPSA) is 105 Å². The molecule has 0 radical (unpaired) electrons. The maximum atomic E-state index is 11.7. The molecule has 1 aliphatic heterocycles. The van der Waals surface area contributed by atoms with Crippen LogP contribution in [0, 0.1) is 10.1 Å². The predicted molar refractivity (Wildman–Crippen MR) is 109 cm³/mol. The molecule has 142 valence electrons. The Labute approximate surface area is 168 Å². The first-order chi connectivity index (χ1) is 13.5. The summed E-state index contributed by atoms with van der Waals surface area (Å²) in [5.74, 6) is -0.494. The third kappa shape index (κ3) is 3.68. The lowest BCUT2D eigenvalue weighted by molar-refractivity contribution is -0.387. The van der Waals surface area contributed by atoms with Crippen LogP contribution in [0.15, 0.2) is 64.5 Å². The molecule has 2 N–H and O–H groups in total. The second-order valence-electron chi connectivity index (χ2n) is 6.19. The number of nitrogens with one attached hydrogen (secondary N) is 1. The summed E-state index contributed by atoms with van der Waals surface area (Å²) in [4.78, 5) is 28.1. The van der Waals surface area contributed by atoms with Crippen molar-refractivity contribution in [3.63, 3.8) is 0 Å². The fraction of sp³-hybridized carbons (Fsp3) is 0.158. The Morgan fingerprint density at radius 3 is 2.82 bits per heavy atom. The second kappa shape index (κ2) is 7.78. The molecule has 7 nitrogen and oxygen atoms in total. The summed E-state index contributed by atoms with van der Waals surface area (Å²) in [5.41, 5.74) is 1.49. The maximum Gasteiger partial charge on any atom is 0.321 e. The van der Waals surface area contributed by atoms with E-state index in [0.29, 0.717) is 16.2 Å². The molecule has 1 saturated heterocycles. The lowest BCUT2D eigenvalue weighted by atomic mass is 10.2. The van der Waals surface area contributed by atoms with Gasteiger partial charge in [-0.1, -0.05) is 36.0 Å². The Balaban J connectivity index is 1.66. The van der Waals surface area contributed by atoms with Gasteiger partial charge in [0.1, 0.15) is 6.04 Å². The molecule has 0 amide bonds. The minimum atomic E-state index is -0.917. The Bertz CT molecular complexity index is 1070. The summed E-state index contributed by atoms with van der Waals surface area (Å²) in [7, 11) is 0. The normalized spacial score (nSPS) is 19.0. The number of benzene rings is 2. The van der Waals surface area contributed by atoms with Gasteiger partial charge in [0.25, 0.3) is 5.69 Å². The van der Waals surface area contributed by atoms with Gasteiger partial charge in [-0.15, -0.1) is 11.8 Å². The number of hydrogen-bond acceptors (Lipinski definition) is 7. The van der Waals surface area contributed by atoms with Gasteiger partial charge in [0.05, 0.1) is 20.7 Å². The van der Waals surface area contributed by atoms with Gasteiger partial charge in [0.15, 0.2) is 0 Å². The largest absolute Gasteiger partial charge is 0.480 e. The van der Waals surface area contributed by atoms with E-state index in [9.17, 15) is 14.9 Å². The van der Waals surface area contributed by atoms with Gasteiger partial charge in [0, 0.05) is 28.3 Å². The molecular weight excluding hydrogens is 398 g/mol. The quantitative estimate of drug-likeness (QED) is 0.476. The lowest BCUT2D eigenvalue weighted by Crippen LogP contribution is -2.33. The molecule has 9 heteroatoms. The van der Waals surface area contributed by atoms with E-state index in [2.05, 4.69) is 10.3 Å². The van der Waals surface area contributed by atoms with Gasteiger partial charge < -0.3 is 5.11 Å². The number of aliphatic carboxylic acids is 1. The number of carboxylic acids is 1. The van der Waals surface area contributed by atoms with E-state index >= 15 is 0 Å². The average molecular weight is 413 g/mol. The van der Waals surface area contributed by atoms with Gasteiger partial charge in [-0.3, -0.25) is 25.2 Å². The lowest BCUT2D eigenvalue weighted by Gasteiger charge is -2.13. The third-order valence-electron chi connectivity index (χ3n) is 4.38. The van der Waals surface area contributed by atoms with E-state index in [4.69, 9.17) is 5.11 Å². The highest BCUT2D eigenvalue weighted by Crippen LogP contribution is 2.41. The van der Waals surface area contributed by atoms with Crippen molar-refractivity contribution in [1.29, 1.82) is 0 Å². The first-order valence-electron chi connectivity index (χ1n) is 8.43.